The van der Waals surface area contributed by atoms with Gasteiger partial charge < -0.3 is 0 Å². The summed E-state index contributed by atoms with van der Waals surface area (Å²) in [7, 11) is 0. The van der Waals surface area contributed by atoms with Gasteiger partial charge in [-0.1, -0.05) is 94.7 Å². The minimum atomic E-state index is 0.399. The van der Waals surface area contributed by atoms with E-state index in [1.165, 1.54) is 11.1 Å². The molecule has 0 amide bonds. The van der Waals surface area contributed by atoms with Gasteiger partial charge in [0.05, 0.1) is 0 Å². The van der Waals surface area contributed by atoms with Crippen molar-refractivity contribution in [2.75, 3.05) is 0 Å². The molecule has 0 heteroatoms. The van der Waals surface area contributed by atoms with Gasteiger partial charge in [-0.25, -0.2) is 0 Å². The fraction of sp³-hybridized carbons (Fsp3) is 0.300. The highest BCUT2D eigenvalue weighted by atomic mass is 14.2. The fourth-order valence-electron chi connectivity index (χ4n) is 2.23. The van der Waals surface area contributed by atoms with Gasteiger partial charge in [-0.2, -0.15) is 0 Å². The quantitative estimate of drug-likeness (QED) is 0.521. The largest absolute Gasteiger partial charge is 0.0991 e. The zero-order valence-corrected chi connectivity index (χ0v) is 13.3. The molecule has 0 nitrogen and oxygen atoms in total. The van der Waals surface area contributed by atoms with Gasteiger partial charge in [-0.15, -0.1) is 0 Å². The molecule has 1 aliphatic carbocycles. The molecule has 0 bridgehead atoms. The van der Waals surface area contributed by atoms with E-state index in [4.69, 9.17) is 0 Å². The highest BCUT2D eigenvalue weighted by Crippen LogP contribution is 2.31. The van der Waals surface area contributed by atoms with Gasteiger partial charge in [0.25, 0.3) is 0 Å². The van der Waals surface area contributed by atoms with Gasteiger partial charge in [0.2, 0.25) is 0 Å². The molecule has 0 heterocycles. The van der Waals surface area contributed by atoms with Crippen LogP contribution in [0.1, 0.15) is 27.7 Å². The summed E-state index contributed by atoms with van der Waals surface area (Å²) in [5.74, 6) is 0.821. The van der Waals surface area contributed by atoms with E-state index in [0.29, 0.717) is 11.8 Å². The average molecular weight is 268 g/mol. The summed E-state index contributed by atoms with van der Waals surface area (Å²) < 4.78 is 0. The molecule has 0 spiro atoms. The monoisotopic (exact) mass is 268 g/mol. The third kappa shape index (κ3) is 5.44. The van der Waals surface area contributed by atoms with Gasteiger partial charge in [0.15, 0.2) is 0 Å². The van der Waals surface area contributed by atoms with Gasteiger partial charge in [0.1, 0.15) is 0 Å². The van der Waals surface area contributed by atoms with E-state index in [0.717, 1.165) is 0 Å². The van der Waals surface area contributed by atoms with E-state index in [2.05, 4.69) is 68.7 Å². The van der Waals surface area contributed by atoms with Crippen molar-refractivity contribution in [1.29, 1.82) is 0 Å². The van der Waals surface area contributed by atoms with E-state index in [1.807, 2.05) is 32.9 Å². The predicted octanol–water partition coefficient (Wildman–Crippen LogP) is 6.19. The topological polar surface area (TPSA) is 0 Å². The molecule has 2 unspecified atom stereocenters. The van der Waals surface area contributed by atoms with Crippen LogP contribution in [-0.4, -0.2) is 0 Å². The van der Waals surface area contributed by atoms with Crippen molar-refractivity contribution in [3.63, 3.8) is 0 Å². The lowest BCUT2D eigenvalue weighted by atomic mass is 9.79. The summed E-state index contributed by atoms with van der Waals surface area (Å²) in [6, 6.07) is 0. The molecule has 0 aromatic rings. The Labute approximate surface area is 125 Å². The molecule has 1 aliphatic rings. The van der Waals surface area contributed by atoms with Gasteiger partial charge >= 0.3 is 0 Å². The van der Waals surface area contributed by atoms with Crippen LogP contribution in [0, 0.1) is 11.8 Å². The van der Waals surface area contributed by atoms with E-state index in [1.54, 1.807) is 0 Å². The second kappa shape index (κ2) is 11.0. The van der Waals surface area contributed by atoms with Crippen LogP contribution in [0.4, 0.5) is 0 Å². The molecule has 0 aromatic heterocycles. The van der Waals surface area contributed by atoms with Crippen molar-refractivity contribution in [3.05, 3.63) is 85.1 Å². The van der Waals surface area contributed by atoms with Crippen LogP contribution >= 0.6 is 0 Å². The highest BCUT2D eigenvalue weighted by Gasteiger charge is 2.20. The molecule has 0 aromatic carbocycles. The average Bonchev–Trinajstić information content (AvgIpc) is 2.49. The minimum absolute atomic E-state index is 0.399. The molecule has 0 saturated heterocycles. The first-order valence-corrected chi connectivity index (χ1v) is 7.37. The fourth-order valence-corrected chi connectivity index (χ4v) is 2.23. The maximum Gasteiger partial charge on any atom is 0.00871 e. The molecule has 1 rings (SSSR count). The Morgan fingerprint density at radius 3 is 2.45 bits per heavy atom. The van der Waals surface area contributed by atoms with Gasteiger partial charge in [-0.05, 0) is 24.0 Å². The zero-order valence-electron chi connectivity index (χ0n) is 13.3. The summed E-state index contributed by atoms with van der Waals surface area (Å²) >= 11 is 0. The molecule has 0 radical (unpaired) electrons. The van der Waals surface area contributed by atoms with E-state index >= 15 is 0 Å². The summed E-state index contributed by atoms with van der Waals surface area (Å²) in [4.78, 5) is 0. The van der Waals surface area contributed by atoms with Crippen LogP contribution in [-0.2, 0) is 0 Å². The van der Waals surface area contributed by atoms with Crippen LogP contribution in [0.15, 0.2) is 85.1 Å². The second-order valence-corrected chi connectivity index (χ2v) is 4.36. The molecule has 20 heavy (non-hydrogen) atoms. The van der Waals surface area contributed by atoms with Crippen molar-refractivity contribution >= 4 is 0 Å². The first-order valence-electron chi connectivity index (χ1n) is 7.37. The third-order valence-corrected chi connectivity index (χ3v) is 3.15. The number of allylic oxidation sites excluding steroid dienone is 12. The summed E-state index contributed by atoms with van der Waals surface area (Å²) in [6.45, 7) is 15.9. The standard InChI is InChI=1S/C18H22.C2H6/c1-5-10-16(11-6-2)15(4)18-14-9-8-13-17(18)12-7-3;1-2/h5-15,18H,1,3H2,2,4H3;1-2H3/b11-6-,16-10+,17-12-;. The van der Waals surface area contributed by atoms with Crippen molar-refractivity contribution in [3.8, 4) is 0 Å². The maximum absolute atomic E-state index is 3.79. The Bertz CT molecular complexity index is 439. The van der Waals surface area contributed by atoms with Crippen LogP contribution in [0.2, 0.25) is 0 Å². The number of hydrogen-bond donors (Lipinski definition) is 0. The normalized spacial score (nSPS) is 21.5. The molecule has 0 aliphatic heterocycles. The van der Waals surface area contributed by atoms with Crippen molar-refractivity contribution < 1.29 is 0 Å². The number of hydrogen-bond acceptors (Lipinski definition) is 0. The van der Waals surface area contributed by atoms with Crippen molar-refractivity contribution in [1.82, 2.24) is 0 Å². The van der Waals surface area contributed by atoms with Crippen molar-refractivity contribution in [2.45, 2.75) is 27.7 Å². The Balaban J connectivity index is 0.00000172. The van der Waals surface area contributed by atoms with Crippen LogP contribution in [0.25, 0.3) is 0 Å². The smallest absolute Gasteiger partial charge is 0.00871 e. The van der Waals surface area contributed by atoms with E-state index in [9.17, 15) is 0 Å². The molecule has 0 fully saturated rings. The second-order valence-electron chi connectivity index (χ2n) is 4.36. The maximum atomic E-state index is 3.79. The van der Waals surface area contributed by atoms with Crippen LogP contribution in [0.3, 0.4) is 0 Å². The highest BCUT2D eigenvalue weighted by molar-refractivity contribution is 5.39. The Morgan fingerprint density at radius 2 is 1.90 bits per heavy atom. The van der Waals surface area contributed by atoms with Crippen LogP contribution in [0.5, 0.6) is 0 Å². The van der Waals surface area contributed by atoms with E-state index < -0.39 is 0 Å². The lowest BCUT2D eigenvalue weighted by Gasteiger charge is -2.25. The Kier molecular flexibility index (Phi) is 10.0. The van der Waals surface area contributed by atoms with Crippen molar-refractivity contribution in [2.24, 2.45) is 11.8 Å². The third-order valence-electron chi connectivity index (χ3n) is 3.15. The minimum Gasteiger partial charge on any atom is -0.0991 e. The predicted molar refractivity (Wildman–Crippen MR) is 93.7 cm³/mol. The lowest BCUT2D eigenvalue weighted by molar-refractivity contribution is 0.569. The molecular formula is C20H28. The summed E-state index contributed by atoms with van der Waals surface area (Å²) in [5.41, 5.74) is 2.60. The van der Waals surface area contributed by atoms with E-state index in [-0.39, 0.29) is 0 Å². The number of rotatable bonds is 5. The van der Waals surface area contributed by atoms with Gasteiger partial charge in [0, 0.05) is 5.92 Å². The van der Waals surface area contributed by atoms with Gasteiger partial charge in [-0.3, -0.25) is 0 Å². The Hall–Kier alpha value is -1.82. The SMILES string of the molecule is C=C/C=C(\C=C/C)C(C)C1C=CC=C/C1=C/C=C.CC. The molecule has 0 saturated carbocycles. The molecule has 0 N–H and O–H groups in total. The first kappa shape index (κ1) is 18.2. The molecule has 108 valence electrons. The molecule has 2 atom stereocenters. The van der Waals surface area contributed by atoms with Crippen LogP contribution < -0.4 is 0 Å². The summed E-state index contributed by atoms with van der Waals surface area (Å²) in [5, 5.41) is 0. The zero-order chi connectivity index (χ0) is 15.4. The first-order chi connectivity index (χ1) is 9.74. The Morgan fingerprint density at radius 1 is 1.20 bits per heavy atom. The summed E-state index contributed by atoms with van der Waals surface area (Å²) in [6.07, 6.45) is 20.7. The molecular weight excluding hydrogens is 240 g/mol. The lowest BCUT2D eigenvalue weighted by Crippen LogP contribution is -2.14.